The monoisotopic (exact) mass is 487 g/mol. The first-order chi connectivity index (χ1) is 15.6. The molecule has 1 atom stereocenters. The van der Waals surface area contributed by atoms with Crippen LogP contribution in [0.5, 0.6) is 0 Å². The number of hydrogen-bond donors (Lipinski definition) is 1. The van der Waals surface area contributed by atoms with Crippen LogP contribution in [0, 0.1) is 6.92 Å². The summed E-state index contributed by atoms with van der Waals surface area (Å²) in [7, 11) is 0. The zero-order valence-electron chi connectivity index (χ0n) is 17.9. The molecule has 2 aliphatic heterocycles. The lowest BCUT2D eigenvalue weighted by Gasteiger charge is -2.42. The summed E-state index contributed by atoms with van der Waals surface area (Å²) in [5, 5.41) is 11.1. The molecule has 180 valence electrons. The Bertz CT molecular complexity index is 957. The van der Waals surface area contributed by atoms with Gasteiger partial charge in [0, 0.05) is 30.7 Å². The van der Waals surface area contributed by atoms with Gasteiger partial charge in [-0.15, -0.1) is 0 Å². The lowest BCUT2D eigenvalue weighted by molar-refractivity contribution is -0.192. The molecule has 0 aliphatic carbocycles. The van der Waals surface area contributed by atoms with Crippen molar-refractivity contribution in [3.05, 3.63) is 46.4 Å². The maximum atomic E-state index is 12.4. The molecule has 33 heavy (non-hydrogen) atoms. The maximum absolute atomic E-state index is 12.4. The standard InChI is InChI=1S/C19H23N3O3S.C2HF3O2/c1-15-3-2-4-16(20-15)9-21-6-7-24-14-19(12-21)13-22(18(23)10-25-19)17-5-8-26-11-17;3-2(4,5)1(6)7/h2-5,8,11H,6-7,9-10,12-14H2,1H3;(H,6,7). The van der Waals surface area contributed by atoms with Gasteiger partial charge in [-0.2, -0.15) is 24.5 Å². The van der Waals surface area contributed by atoms with Crippen LogP contribution in [0.2, 0.25) is 0 Å². The largest absolute Gasteiger partial charge is 0.490 e. The van der Waals surface area contributed by atoms with Crippen molar-refractivity contribution in [2.75, 3.05) is 44.4 Å². The Hall–Kier alpha value is -2.54. The lowest BCUT2D eigenvalue weighted by Crippen LogP contribution is -2.60. The number of aryl methyl sites for hydroxylation is 1. The van der Waals surface area contributed by atoms with Crippen LogP contribution < -0.4 is 4.90 Å². The fourth-order valence-corrected chi connectivity index (χ4v) is 4.22. The summed E-state index contributed by atoms with van der Waals surface area (Å²) < 4.78 is 43.6. The Balaban J connectivity index is 0.000000383. The number of morpholine rings is 1. The second-order valence-corrected chi connectivity index (χ2v) is 8.55. The summed E-state index contributed by atoms with van der Waals surface area (Å²) >= 11 is 1.59. The predicted molar refractivity (Wildman–Crippen MR) is 114 cm³/mol. The number of hydrogen-bond acceptors (Lipinski definition) is 7. The van der Waals surface area contributed by atoms with Gasteiger partial charge < -0.3 is 19.5 Å². The first kappa shape index (κ1) is 25.1. The number of pyridine rings is 1. The van der Waals surface area contributed by atoms with E-state index >= 15 is 0 Å². The van der Waals surface area contributed by atoms with Gasteiger partial charge in [0.2, 0.25) is 0 Å². The molecule has 0 aromatic carbocycles. The van der Waals surface area contributed by atoms with Gasteiger partial charge in [0.1, 0.15) is 12.2 Å². The molecule has 0 bridgehead atoms. The van der Waals surface area contributed by atoms with Crippen LogP contribution in [0.15, 0.2) is 35.0 Å². The van der Waals surface area contributed by atoms with E-state index in [2.05, 4.69) is 9.88 Å². The minimum Gasteiger partial charge on any atom is -0.475 e. The maximum Gasteiger partial charge on any atom is 0.490 e. The van der Waals surface area contributed by atoms with Crippen molar-refractivity contribution in [1.82, 2.24) is 9.88 Å². The number of halogens is 3. The molecular formula is C21H24F3N3O5S. The Kier molecular flexibility index (Phi) is 8.05. The summed E-state index contributed by atoms with van der Waals surface area (Å²) in [5.41, 5.74) is 2.50. The number of carbonyl (C=O) groups excluding carboxylic acids is 1. The van der Waals surface area contributed by atoms with E-state index in [4.69, 9.17) is 19.4 Å². The first-order valence-electron chi connectivity index (χ1n) is 10.1. The average Bonchev–Trinajstić information content (AvgIpc) is 3.20. The van der Waals surface area contributed by atoms with Crippen molar-refractivity contribution >= 4 is 28.9 Å². The molecule has 2 fully saturated rings. The normalized spacial score (nSPS) is 21.9. The average molecular weight is 488 g/mol. The third-order valence-corrected chi connectivity index (χ3v) is 5.74. The molecule has 2 aromatic heterocycles. The molecule has 1 unspecified atom stereocenters. The van der Waals surface area contributed by atoms with Gasteiger partial charge in [0.25, 0.3) is 5.91 Å². The Morgan fingerprint density at radius 2 is 2.06 bits per heavy atom. The molecule has 1 spiro atoms. The Morgan fingerprint density at radius 3 is 2.70 bits per heavy atom. The quantitative estimate of drug-likeness (QED) is 0.712. The Morgan fingerprint density at radius 1 is 1.30 bits per heavy atom. The number of carbonyl (C=O) groups is 2. The van der Waals surface area contributed by atoms with Gasteiger partial charge in [-0.3, -0.25) is 14.7 Å². The number of thiophene rings is 1. The number of anilines is 1. The number of rotatable bonds is 3. The summed E-state index contributed by atoms with van der Waals surface area (Å²) in [6.07, 6.45) is -5.08. The highest BCUT2D eigenvalue weighted by Crippen LogP contribution is 2.28. The second kappa shape index (κ2) is 10.6. The van der Waals surface area contributed by atoms with Gasteiger partial charge in [-0.1, -0.05) is 6.07 Å². The number of amides is 1. The van der Waals surface area contributed by atoms with Crippen LogP contribution in [-0.4, -0.2) is 78.1 Å². The van der Waals surface area contributed by atoms with Crippen LogP contribution >= 0.6 is 11.3 Å². The van der Waals surface area contributed by atoms with Crippen LogP contribution in [0.3, 0.4) is 0 Å². The van der Waals surface area contributed by atoms with Gasteiger partial charge in [0.05, 0.1) is 31.1 Å². The molecular weight excluding hydrogens is 463 g/mol. The summed E-state index contributed by atoms with van der Waals surface area (Å²) in [4.78, 5) is 30.0. The second-order valence-electron chi connectivity index (χ2n) is 7.77. The van der Waals surface area contributed by atoms with E-state index in [1.807, 2.05) is 46.8 Å². The molecule has 4 heterocycles. The van der Waals surface area contributed by atoms with Crippen molar-refractivity contribution in [3.63, 3.8) is 0 Å². The molecule has 1 N–H and O–H groups in total. The van der Waals surface area contributed by atoms with E-state index < -0.39 is 17.7 Å². The van der Waals surface area contributed by atoms with Crippen LogP contribution in [0.25, 0.3) is 0 Å². The number of ether oxygens (including phenoxy) is 2. The van der Waals surface area contributed by atoms with Gasteiger partial charge in [-0.25, -0.2) is 4.79 Å². The van der Waals surface area contributed by atoms with Crippen molar-refractivity contribution in [2.24, 2.45) is 0 Å². The molecule has 2 aliphatic rings. The summed E-state index contributed by atoms with van der Waals surface area (Å²) in [6.45, 7) is 6.06. The lowest BCUT2D eigenvalue weighted by atomic mass is 10.0. The van der Waals surface area contributed by atoms with Crippen LogP contribution in [-0.2, 0) is 25.6 Å². The highest BCUT2D eigenvalue weighted by Gasteiger charge is 2.43. The minimum atomic E-state index is -5.08. The van der Waals surface area contributed by atoms with E-state index in [1.165, 1.54) is 0 Å². The van der Waals surface area contributed by atoms with Crippen molar-refractivity contribution in [1.29, 1.82) is 0 Å². The molecule has 4 rings (SSSR count). The topological polar surface area (TPSA) is 92.2 Å². The van der Waals surface area contributed by atoms with Crippen molar-refractivity contribution in [2.45, 2.75) is 25.2 Å². The fourth-order valence-electron chi connectivity index (χ4n) is 3.58. The highest BCUT2D eigenvalue weighted by molar-refractivity contribution is 7.08. The van der Waals surface area contributed by atoms with Gasteiger partial charge in [-0.05, 0) is 30.5 Å². The van der Waals surface area contributed by atoms with E-state index in [1.54, 1.807) is 11.3 Å². The first-order valence-corrected chi connectivity index (χ1v) is 11.0. The van der Waals surface area contributed by atoms with Crippen molar-refractivity contribution in [3.8, 4) is 0 Å². The molecule has 2 saturated heterocycles. The van der Waals surface area contributed by atoms with Crippen molar-refractivity contribution < 1.29 is 37.3 Å². The zero-order chi connectivity index (χ0) is 24.1. The number of carboxylic acids is 1. The molecule has 8 nitrogen and oxygen atoms in total. The predicted octanol–water partition coefficient (Wildman–Crippen LogP) is 2.72. The molecule has 0 radical (unpaired) electrons. The van der Waals surface area contributed by atoms with E-state index in [9.17, 15) is 18.0 Å². The Labute approximate surface area is 192 Å². The van der Waals surface area contributed by atoms with Gasteiger partial charge in [0.15, 0.2) is 0 Å². The number of nitrogens with zero attached hydrogens (tertiary/aromatic N) is 3. The molecule has 0 saturated carbocycles. The van der Waals surface area contributed by atoms with E-state index in [-0.39, 0.29) is 12.5 Å². The number of aliphatic carboxylic acids is 1. The number of carboxylic acid groups (broad SMARTS) is 1. The van der Waals surface area contributed by atoms with Crippen LogP contribution in [0.4, 0.5) is 18.9 Å². The van der Waals surface area contributed by atoms with Crippen LogP contribution in [0.1, 0.15) is 11.4 Å². The number of alkyl halides is 3. The minimum absolute atomic E-state index is 0.00479. The molecule has 12 heteroatoms. The third-order valence-electron chi connectivity index (χ3n) is 5.07. The smallest absolute Gasteiger partial charge is 0.475 e. The third kappa shape index (κ3) is 6.97. The molecule has 1 amide bonds. The van der Waals surface area contributed by atoms with E-state index in [0.717, 1.165) is 36.7 Å². The summed E-state index contributed by atoms with van der Waals surface area (Å²) in [6, 6.07) is 8.07. The van der Waals surface area contributed by atoms with E-state index in [0.29, 0.717) is 19.8 Å². The summed E-state index contributed by atoms with van der Waals surface area (Å²) in [5.74, 6) is -2.75. The zero-order valence-corrected chi connectivity index (χ0v) is 18.7. The number of aromatic nitrogens is 1. The molecule has 2 aromatic rings. The van der Waals surface area contributed by atoms with Gasteiger partial charge >= 0.3 is 12.1 Å². The fraction of sp³-hybridized carbons (Fsp3) is 0.476. The highest BCUT2D eigenvalue weighted by atomic mass is 32.1. The SMILES string of the molecule is Cc1cccc(CN2CCOCC3(C2)CN(c2ccsc2)C(=O)CO3)n1.O=C(O)C(F)(F)F.